The lowest BCUT2D eigenvalue weighted by Gasteiger charge is -2.31. The van der Waals surface area contributed by atoms with Gasteiger partial charge in [0.15, 0.2) is 0 Å². The average Bonchev–Trinajstić information content (AvgIpc) is 3.05. The van der Waals surface area contributed by atoms with Gasteiger partial charge in [0.25, 0.3) is 0 Å². The molecule has 8 heteroatoms. The summed E-state index contributed by atoms with van der Waals surface area (Å²) in [6, 6.07) is 7.41. The Balaban J connectivity index is 1.39. The van der Waals surface area contributed by atoms with Gasteiger partial charge in [-0.1, -0.05) is 11.6 Å². The van der Waals surface area contributed by atoms with E-state index in [1.165, 1.54) is 6.20 Å². The predicted octanol–water partition coefficient (Wildman–Crippen LogP) is 4.00. The summed E-state index contributed by atoms with van der Waals surface area (Å²) in [6.07, 6.45) is 7.45. The molecule has 1 amide bonds. The van der Waals surface area contributed by atoms with Gasteiger partial charge in [0.05, 0.1) is 16.6 Å². The minimum atomic E-state index is -0.0533. The first-order valence-corrected chi connectivity index (χ1v) is 10.0. The van der Waals surface area contributed by atoms with Crippen molar-refractivity contribution in [2.24, 2.45) is 5.92 Å². The number of piperidine rings is 1. The number of carbonyl (C=O) groups excluding carboxylic acids is 1. The van der Waals surface area contributed by atoms with Gasteiger partial charge in [0, 0.05) is 36.2 Å². The highest BCUT2D eigenvalue weighted by Gasteiger charge is 2.26. The highest BCUT2D eigenvalue weighted by molar-refractivity contribution is 9.10. The molecule has 4 rings (SSSR count). The number of halogens is 2. The fourth-order valence-corrected chi connectivity index (χ4v) is 3.88. The van der Waals surface area contributed by atoms with E-state index in [2.05, 4.69) is 36.1 Å². The van der Waals surface area contributed by atoms with Gasteiger partial charge in [0.2, 0.25) is 5.91 Å². The standard InChI is InChI=1S/C19H19BrClN5O/c20-14-3-6-18-23-16(12-26(18)10-14)11-25-7-1-2-13(9-25)19(27)24-17-5-4-15(21)8-22-17/h3-6,8,10,12-13H,1-2,7,9,11H2,(H,22,24,27). The minimum absolute atomic E-state index is 0.00783. The summed E-state index contributed by atoms with van der Waals surface area (Å²) in [5.41, 5.74) is 1.93. The third kappa shape index (κ3) is 4.48. The number of rotatable bonds is 4. The number of amides is 1. The molecule has 1 aliphatic rings. The molecule has 27 heavy (non-hydrogen) atoms. The fourth-order valence-electron chi connectivity index (χ4n) is 3.41. The topological polar surface area (TPSA) is 62.5 Å². The molecular formula is C19H19BrClN5O. The van der Waals surface area contributed by atoms with Gasteiger partial charge in [0.1, 0.15) is 11.5 Å². The monoisotopic (exact) mass is 447 g/mol. The Bertz CT molecular complexity index is 958. The minimum Gasteiger partial charge on any atom is -0.310 e. The number of nitrogens with zero attached hydrogens (tertiary/aromatic N) is 4. The Kier molecular flexibility index (Phi) is 5.43. The van der Waals surface area contributed by atoms with E-state index in [9.17, 15) is 4.79 Å². The maximum atomic E-state index is 12.6. The zero-order valence-corrected chi connectivity index (χ0v) is 16.9. The number of nitrogens with one attached hydrogen (secondary N) is 1. The van der Waals surface area contributed by atoms with Crippen molar-refractivity contribution in [3.05, 3.63) is 58.0 Å². The summed E-state index contributed by atoms with van der Waals surface area (Å²) in [5.74, 6) is 0.489. The highest BCUT2D eigenvalue weighted by atomic mass is 79.9. The Morgan fingerprint density at radius 3 is 3.00 bits per heavy atom. The van der Waals surface area contributed by atoms with Crippen LogP contribution in [0, 0.1) is 5.92 Å². The second-order valence-corrected chi connectivity index (χ2v) is 8.12. The lowest BCUT2D eigenvalue weighted by Crippen LogP contribution is -2.40. The molecule has 0 bridgehead atoms. The molecule has 1 unspecified atom stereocenters. The molecule has 0 aromatic carbocycles. The Morgan fingerprint density at radius 1 is 1.30 bits per heavy atom. The van der Waals surface area contributed by atoms with E-state index in [4.69, 9.17) is 11.6 Å². The number of hydrogen-bond acceptors (Lipinski definition) is 4. The molecule has 3 aromatic rings. The van der Waals surface area contributed by atoms with E-state index in [0.29, 0.717) is 10.8 Å². The zero-order chi connectivity index (χ0) is 18.8. The molecule has 1 aliphatic heterocycles. The van der Waals surface area contributed by atoms with E-state index in [0.717, 1.165) is 48.3 Å². The molecule has 1 N–H and O–H groups in total. The third-order valence-corrected chi connectivity index (χ3v) is 5.40. The first kappa shape index (κ1) is 18.4. The normalized spacial score (nSPS) is 17.9. The van der Waals surface area contributed by atoms with Gasteiger partial charge in [-0.2, -0.15) is 0 Å². The van der Waals surface area contributed by atoms with Gasteiger partial charge >= 0.3 is 0 Å². The zero-order valence-electron chi connectivity index (χ0n) is 14.6. The summed E-state index contributed by atoms with van der Waals surface area (Å²) in [7, 11) is 0. The van der Waals surface area contributed by atoms with Gasteiger partial charge in [-0.05, 0) is 59.6 Å². The summed E-state index contributed by atoms with van der Waals surface area (Å²) < 4.78 is 3.03. The maximum absolute atomic E-state index is 12.6. The number of fused-ring (bicyclic) bond motifs is 1. The van der Waals surface area contributed by atoms with Crippen molar-refractivity contribution in [1.29, 1.82) is 0 Å². The van der Waals surface area contributed by atoms with Crippen LogP contribution >= 0.6 is 27.5 Å². The van der Waals surface area contributed by atoms with Gasteiger partial charge in [-0.15, -0.1) is 0 Å². The van der Waals surface area contributed by atoms with Crippen LogP contribution in [0.1, 0.15) is 18.5 Å². The second kappa shape index (κ2) is 7.96. The summed E-state index contributed by atoms with van der Waals surface area (Å²) in [5, 5.41) is 3.44. The lowest BCUT2D eigenvalue weighted by molar-refractivity contribution is -0.121. The number of aromatic nitrogens is 3. The quantitative estimate of drug-likeness (QED) is 0.655. The number of carbonyl (C=O) groups is 1. The van der Waals surface area contributed by atoms with Gasteiger partial charge in [-0.3, -0.25) is 9.69 Å². The van der Waals surface area contributed by atoms with Crippen molar-refractivity contribution >= 4 is 44.9 Å². The summed E-state index contributed by atoms with van der Waals surface area (Å²) in [4.78, 5) is 23.7. The number of likely N-dealkylation sites (tertiary alicyclic amines) is 1. The molecule has 1 saturated heterocycles. The summed E-state index contributed by atoms with van der Waals surface area (Å²) >= 11 is 9.32. The highest BCUT2D eigenvalue weighted by Crippen LogP contribution is 2.21. The van der Waals surface area contributed by atoms with Crippen molar-refractivity contribution in [3.63, 3.8) is 0 Å². The molecule has 1 fully saturated rings. The van der Waals surface area contributed by atoms with E-state index >= 15 is 0 Å². The van der Waals surface area contributed by atoms with Crippen molar-refractivity contribution in [1.82, 2.24) is 19.3 Å². The van der Waals surface area contributed by atoms with Crippen molar-refractivity contribution < 1.29 is 4.79 Å². The molecule has 1 atom stereocenters. The average molecular weight is 449 g/mol. The second-order valence-electron chi connectivity index (χ2n) is 6.77. The number of pyridine rings is 2. The van der Waals surface area contributed by atoms with Crippen molar-refractivity contribution in [2.45, 2.75) is 19.4 Å². The number of imidazole rings is 1. The fraction of sp³-hybridized carbons (Fsp3) is 0.316. The van der Waals surface area contributed by atoms with Crippen LogP contribution in [0.4, 0.5) is 5.82 Å². The van der Waals surface area contributed by atoms with Gasteiger partial charge < -0.3 is 9.72 Å². The van der Waals surface area contributed by atoms with Crippen LogP contribution in [0.15, 0.2) is 47.3 Å². The third-order valence-electron chi connectivity index (χ3n) is 4.71. The number of hydrogen-bond donors (Lipinski definition) is 1. The number of anilines is 1. The Labute approximate surface area is 170 Å². The largest absolute Gasteiger partial charge is 0.310 e. The first-order chi connectivity index (χ1) is 13.1. The molecule has 0 spiro atoms. The smallest absolute Gasteiger partial charge is 0.229 e. The van der Waals surface area contributed by atoms with Crippen LogP contribution in [-0.2, 0) is 11.3 Å². The Hall–Kier alpha value is -1.96. The van der Waals surface area contributed by atoms with Crippen LogP contribution in [0.25, 0.3) is 5.65 Å². The molecule has 0 radical (unpaired) electrons. The predicted molar refractivity (Wildman–Crippen MR) is 109 cm³/mol. The first-order valence-electron chi connectivity index (χ1n) is 8.85. The van der Waals surface area contributed by atoms with Gasteiger partial charge in [-0.25, -0.2) is 9.97 Å². The van der Waals surface area contributed by atoms with Crippen LogP contribution in [0.3, 0.4) is 0 Å². The lowest BCUT2D eigenvalue weighted by atomic mass is 9.97. The molecule has 0 saturated carbocycles. The molecular weight excluding hydrogens is 430 g/mol. The molecule has 4 heterocycles. The molecule has 0 aliphatic carbocycles. The van der Waals surface area contributed by atoms with E-state index in [1.807, 2.05) is 28.9 Å². The van der Waals surface area contributed by atoms with Crippen LogP contribution in [-0.4, -0.2) is 38.3 Å². The Morgan fingerprint density at radius 2 is 2.19 bits per heavy atom. The van der Waals surface area contributed by atoms with Crippen molar-refractivity contribution in [3.8, 4) is 0 Å². The van der Waals surface area contributed by atoms with E-state index in [-0.39, 0.29) is 11.8 Å². The maximum Gasteiger partial charge on any atom is 0.229 e. The summed E-state index contributed by atoms with van der Waals surface area (Å²) in [6.45, 7) is 2.43. The van der Waals surface area contributed by atoms with E-state index in [1.54, 1.807) is 12.1 Å². The van der Waals surface area contributed by atoms with E-state index < -0.39 is 0 Å². The SMILES string of the molecule is O=C(Nc1ccc(Cl)cn1)C1CCCN(Cc2cn3cc(Br)ccc3n2)C1. The van der Waals surface area contributed by atoms with Crippen molar-refractivity contribution in [2.75, 3.05) is 18.4 Å². The molecule has 3 aromatic heterocycles. The van der Waals surface area contributed by atoms with Crippen LogP contribution < -0.4 is 5.32 Å². The molecule has 140 valence electrons. The molecule has 6 nitrogen and oxygen atoms in total. The van der Waals surface area contributed by atoms with Crippen LogP contribution in [0.2, 0.25) is 5.02 Å². The van der Waals surface area contributed by atoms with Crippen LogP contribution in [0.5, 0.6) is 0 Å².